The normalized spacial score (nSPS) is 15.6. The quantitative estimate of drug-likeness (QED) is 0.410. The van der Waals surface area contributed by atoms with E-state index in [-0.39, 0.29) is 24.0 Å². The van der Waals surface area contributed by atoms with Crippen molar-refractivity contribution in [2.24, 2.45) is 4.99 Å². The lowest BCUT2D eigenvalue weighted by molar-refractivity contribution is 0.0389. The highest BCUT2D eigenvalue weighted by atomic mass is 127. The molecule has 1 aromatic carbocycles. The van der Waals surface area contributed by atoms with Gasteiger partial charge in [0.1, 0.15) is 0 Å². The van der Waals surface area contributed by atoms with Crippen LogP contribution in [0.4, 0.5) is 0 Å². The Kier molecular flexibility index (Phi) is 8.36. The van der Waals surface area contributed by atoms with Crippen LogP contribution in [-0.2, 0) is 11.3 Å². The first-order valence-corrected chi connectivity index (χ1v) is 8.44. The van der Waals surface area contributed by atoms with Crippen molar-refractivity contribution in [3.05, 3.63) is 42.2 Å². The van der Waals surface area contributed by atoms with E-state index in [2.05, 4.69) is 37.6 Å². The first-order chi connectivity index (χ1) is 11.9. The van der Waals surface area contributed by atoms with Gasteiger partial charge in [-0.15, -0.1) is 24.0 Å². The highest BCUT2D eigenvalue weighted by Crippen LogP contribution is 2.15. The van der Waals surface area contributed by atoms with E-state index in [1.807, 2.05) is 24.4 Å². The van der Waals surface area contributed by atoms with E-state index >= 15 is 0 Å². The maximum absolute atomic E-state index is 5.37. The summed E-state index contributed by atoms with van der Waals surface area (Å²) in [5, 5.41) is 9.10. The van der Waals surface area contributed by atoms with Gasteiger partial charge in [-0.05, 0) is 11.5 Å². The third-order valence-electron chi connectivity index (χ3n) is 4.23. The first kappa shape index (κ1) is 19.9. The first-order valence-electron chi connectivity index (χ1n) is 8.44. The van der Waals surface area contributed by atoms with E-state index in [0.29, 0.717) is 6.54 Å². The Morgan fingerprint density at radius 2 is 2.00 bits per heavy atom. The molecule has 136 valence electrons. The lowest BCUT2D eigenvalue weighted by Crippen LogP contribution is -2.44. The summed E-state index contributed by atoms with van der Waals surface area (Å²) in [5.74, 6) is 0.804. The minimum atomic E-state index is 0. The minimum Gasteiger partial charge on any atom is -0.379 e. The van der Waals surface area contributed by atoms with E-state index < -0.39 is 0 Å². The zero-order valence-electron chi connectivity index (χ0n) is 14.6. The molecule has 0 amide bonds. The Balaban J connectivity index is 0.00000225. The molecule has 6 nitrogen and oxygen atoms in total. The van der Waals surface area contributed by atoms with Crippen LogP contribution in [0.15, 0.2) is 41.5 Å². The molecule has 0 atom stereocenters. The molecule has 2 N–H and O–H groups in total. The maximum atomic E-state index is 5.37. The highest BCUT2D eigenvalue weighted by molar-refractivity contribution is 14.0. The number of aliphatic imine (C=N–C) groups is 1. The second-order valence-corrected chi connectivity index (χ2v) is 5.79. The molecule has 1 saturated heterocycles. The van der Waals surface area contributed by atoms with Gasteiger partial charge in [-0.1, -0.05) is 24.3 Å². The molecule has 0 spiro atoms. The molecule has 0 radical (unpaired) electrons. The zero-order valence-corrected chi connectivity index (χ0v) is 16.9. The Morgan fingerprint density at radius 1 is 1.20 bits per heavy atom. The number of rotatable bonds is 5. The topological polar surface area (TPSA) is 61.8 Å². The summed E-state index contributed by atoms with van der Waals surface area (Å²) in [6, 6.07) is 10.3. The summed E-state index contributed by atoms with van der Waals surface area (Å²) < 4.78 is 5.37. The second kappa shape index (κ2) is 10.5. The van der Waals surface area contributed by atoms with Crippen LogP contribution in [0, 0.1) is 0 Å². The molecule has 0 unspecified atom stereocenters. The van der Waals surface area contributed by atoms with E-state index in [1.54, 1.807) is 7.05 Å². The Labute approximate surface area is 166 Å². The van der Waals surface area contributed by atoms with Crippen LogP contribution in [0.25, 0.3) is 10.8 Å². The average molecular weight is 455 g/mol. The highest BCUT2D eigenvalue weighted by Gasteiger charge is 2.10. The fraction of sp³-hybridized carbons (Fsp3) is 0.444. The van der Waals surface area contributed by atoms with Crippen molar-refractivity contribution in [2.45, 2.75) is 6.54 Å². The van der Waals surface area contributed by atoms with Crippen LogP contribution >= 0.6 is 24.0 Å². The van der Waals surface area contributed by atoms with Gasteiger partial charge in [-0.3, -0.25) is 14.9 Å². The summed E-state index contributed by atoms with van der Waals surface area (Å²) >= 11 is 0. The average Bonchev–Trinajstić information content (AvgIpc) is 2.65. The van der Waals surface area contributed by atoms with Crippen LogP contribution < -0.4 is 10.6 Å². The number of nitrogens with one attached hydrogen (secondary N) is 2. The molecule has 2 aromatic rings. The molecule has 1 aromatic heterocycles. The van der Waals surface area contributed by atoms with E-state index in [4.69, 9.17) is 4.74 Å². The molecule has 0 aliphatic carbocycles. The van der Waals surface area contributed by atoms with Gasteiger partial charge in [0.2, 0.25) is 0 Å². The van der Waals surface area contributed by atoms with Crippen LogP contribution in [-0.4, -0.2) is 62.3 Å². The fourth-order valence-electron chi connectivity index (χ4n) is 2.87. The van der Waals surface area contributed by atoms with E-state index in [1.165, 1.54) is 10.8 Å². The van der Waals surface area contributed by atoms with Crippen molar-refractivity contribution < 1.29 is 4.74 Å². The lowest BCUT2D eigenvalue weighted by Gasteiger charge is -2.26. The van der Waals surface area contributed by atoms with Crippen molar-refractivity contribution in [1.29, 1.82) is 0 Å². The fourth-order valence-corrected chi connectivity index (χ4v) is 2.87. The number of nitrogens with zero attached hydrogens (tertiary/aromatic N) is 3. The molecule has 1 aliphatic heterocycles. The molecule has 7 heteroatoms. The van der Waals surface area contributed by atoms with Crippen LogP contribution in [0.5, 0.6) is 0 Å². The smallest absolute Gasteiger partial charge is 0.191 e. The van der Waals surface area contributed by atoms with E-state index in [0.717, 1.165) is 51.0 Å². The maximum Gasteiger partial charge on any atom is 0.191 e. The van der Waals surface area contributed by atoms with Crippen molar-refractivity contribution in [3.8, 4) is 0 Å². The summed E-state index contributed by atoms with van der Waals surface area (Å²) in [6.07, 6.45) is 1.86. The molecule has 1 fully saturated rings. The molecule has 1 aliphatic rings. The van der Waals surface area contributed by atoms with Gasteiger partial charge in [0, 0.05) is 44.8 Å². The third kappa shape index (κ3) is 5.79. The SMILES string of the molecule is CN=C(NCCN1CCOCC1)NCc1nccc2ccccc12.I. The summed E-state index contributed by atoms with van der Waals surface area (Å²) in [6.45, 7) is 6.19. The van der Waals surface area contributed by atoms with Crippen molar-refractivity contribution in [3.63, 3.8) is 0 Å². The van der Waals surface area contributed by atoms with Crippen molar-refractivity contribution >= 4 is 40.7 Å². The molecular weight excluding hydrogens is 429 g/mol. The van der Waals surface area contributed by atoms with Gasteiger partial charge in [0.15, 0.2) is 5.96 Å². The number of aromatic nitrogens is 1. The third-order valence-corrected chi connectivity index (χ3v) is 4.23. The Hall–Kier alpha value is -1.45. The van der Waals surface area contributed by atoms with Crippen LogP contribution in [0.3, 0.4) is 0 Å². The number of morpholine rings is 1. The number of hydrogen-bond donors (Lipinski definition) is 2. The number of ether oxygens (including phenoxy) is 1. The predicted octanol–water partition coefficient (Wildman–Crippen LogP) is 1.85. The van der Waals surface area contributed by atoms with E-state index in [9.17, 15) is 0 Å². The Bertz CT molecular complexity index is 683. The van der Waals surface area contributed by atoms with Crippen LogP contribution in [0.2, 0.25) is 0 Å². The number of halogens is 1. The number of guanidine groups is 1. The molecule has 0 bridgehead atoms. The number of pyridine rings is 1. The number of hydrogen-bond acceptors (Lipinski definition) is 4. The number of benzene rings is 1. The number of fused-ring (bicyclic) bond motifs is 1. The summed E-state index contributed by atoms with van der Waals surface area (Å²) in [4.78, 5) is 11.2. The summed E-state index contributed by atoms with van der Waals surface area (Å²) in [7, 11) is 1.79. The van der Waals surface area contributed by atoms with Crippen molar-refractivity contribution in [1.82, 2.24) is 20.5 Å². The predicted molar refractivity (Wildman–Crippen MR) is 113 cm³/mol. The van der Waals surface area contributed by atoms with Gasteiger partial charge in [0.25, 0.3) is 0 Å². The molecule has 2 heterocycles. The Morgan fingerprint density at radius 3 is 2.80 bits per heavy atom. The van der Waals surface area contributed by atoms with Gasteiger partial charge in [-0.25, -0.2) is 0 Å². The van der Waals surface area contributed by atoms with Gasteiger partial charge in [-0.2, -0.15) is 0 Å². The molecule has 25 heavy (non-hydrogen) atoms. The lowest BCUT2D eigenvalue weighted by atomic mass is 10.1. The monoisotopic (exact) mass is 455 g/mol. The van der Waals surface area contributed by atoms with Gasteiger partial charge >= 0.3 is 0 Å². The molecular formula is C18H26IN5O. The zero-order chi connectivity index (χ0) is 16.6. The van der Waals surface area contributed by atoms with Gasteiger partial charge in [0.05, 0.1) is 25.5 Å². The molecule has 0 saturated carbocycles. The van der Waals surface area contributed by atoms with Crippen LogP contribution in [0.1, 0.15) is 5.69 Å². The van der Waals surface area contributed by atoms with Gasteiger partial charge < -0.3 is 15.4 Å². The summed E-state index contributed by atoms with van der Waals surface area (Å²) in [5.41, 5.74) is 1.03. The largest absolute Gasteiger partial charge is 0.379 e. The molecule has 3 rings (SSSR count). The van der Waals surface area contributed by atoms with Crippen molar-refractivity contribution in [2.75, 3.05) is 46.4 Å². The standard InChI is InChI=1S/C18H25N5O.HI/c1-19-18(21-8-9-23-10-12-24-13-11-23)22-14-17-16-5-3-2-4-15(16)6-7-20-17;/h2-7H,8-14H2,1H3,(H2,19,21,22);1H. The second-order valence-electron chi connectivity index (χ2n) is 5.79. The minimum absolute atomic E-state index is 0.